The second kappa shape index (κ2) is 8.03. The molecule has 7 heteroatoms. The Bertz CT molecular complexity index is 950. The number of hydrogen-bond acceptors (Lipinski definition) is 4. The van der Waals surface area contributed by atoms with E-state index in [-0.39, 0.29) is 18.2 Å². The Labute approximate surface area is 167 Å². The maximum Gasteiger partial charge on any atom is 0.315 e. The predicted octanol–water partition coefficient (Wildman–Crippen LogP) is 2.71. The topological polar surface area (TPSA) is 75.7 Å². The van der Waals surface area contributed by atoms with Crippen molar-refractivity contribution in [1.29, 1.82) is 0 Å². The van der Waals surface area contributed by atoms with Crippen LogP contribution in [0, 0.1) is 11.7 Å². The van der Waals surface area contributed by atoms with E-state index in [1.54, 1.807) is 35.2 Å². The first-order valence-electron chi connectivity index (χ1n) is 9.66. The molecule has 0 unspecified atom stereocenters. The molecule has 2 heterocycles. The van der Waals surface area contributed by atoms with Crippen LogP contribution in [0.2, 0.25) is 0 Å². The van der Waals surface area contributed by atoms with E-state index in [2.05, 4.69) is 5.32 Å². The van der Waals surface area contributed by atoms with Gasteiger partial charge in [0.25, 0.3) is 0 Å². The Kier molecular flexibility index (Phi) is 5.29. The van der Waals surface area contributed by atoms with Gasteiger partial charge in [0.15, 0.2) is 0 Å². The average molecular weight is 396 g/mol. The van der Waals surface area contributed by atoms with Crippen LogP contribution in [-0.4, -0.2) is 35.8 Å². The maximum absolute atomic E-state index is 13.0. The molecule has 4 rings (SSSR count). The van der Waals surface area contributed by atoms with E-state index in [0.29, 0.717) is 30.4 Å². The molecule has 29 heavy (non-hydrogen) atoms. The molecule has 0 bridgehead atoms. The number of piperidine rings is 1. The van der Waals surface area contributed by atoms with Crippen LogP contribution in [0.3, 0.4) is 0 Å². The highest BCUT2D eigenvalue weighted by atomic mass is 19.1. The summed E-state index contributed by atoms with van der Waals surface area (Å²) < 4.78 is 18.1. The molecule has 0 spiro atoms. The van der Waals surface area contributed by atoms with Crippen LogP contribution < -0.4 is 10.1 Å². The van der Waals surface area contributed by atoms with Gasteiger partial charge in [0.1, 0.15) is 11.6 Å². The summed E-state index contributed by atoms with van der Waals surface area (Å²) in [5, 5.41) is 2.58. The molecule has 1 N–H and O–H groups in total. The molecule has 2 aromatic carbocycles. The zero-order chi connectivity index (χ0) is 20.4. The molecule has 0 aliphatic carbocycles. The van der Waals surface area contributed by atoms with Crippen LogP contribution in [0.15, 0.2) is 42.5 Å². The van der Waals surface area contributed by atoms with Gasteiger partial charge >= 0.3 is 17.8 Å². The number of carbonyl (C=O) groups is 3. The number of rotatable bonds is 3. The Hall–Kier alpha value is -3.22. The zero-order valence-corrected chi connectivity index (χ0v) is 15.8. The normalized spacial score (nSPS) is 16.3. The number of ether oxygens (including phenoxy) is 1. The van der Waals surface area contributed by atoms with E-state index in [0.717, 1.165) is 30.4 Å². The smallest absolute Gasteiger partial charge is 0.315 e. The number of esters is 1. The van der Waals surface area contributed by atoms with Crippen molar-refractivity contribution in [3.05, 3.63) is 59.4 Å². The largest absolute Gasteiger partial charge is 0.426 e. The number of anilines is 1. The summed E-state index contributed by atoms with van der Waals surface area (Å²) in [4.78, 5) is 37.7. The third-order valence-electron chi connectivity index (χ3n) is 5.42. The van der Waals surface area contributed by atoms with E-state index < -0.39 is 11.8 Å². The van der Waals surface area contributed by atoms with Crippen LogP contribution in [0.4, 0.5) is 10.1 Å². The molecule has 0 radical (unpaired) electrons. The quantitative estimate of drug-likeness (QED) is 0.492. The van der Waals surface area contributed by atoms with Gasteiger partial charge in [0.05, 0.1) is 6.42 Å². The minimum atomic E-state index is -0.703. The number of halogens is 1. The number of benzene rings is 2. The Morgan fingerprint density at radius 2 is 1.83 bits per heavy atom. The van der Waals surface area contributed by atoms with Gasteiger partial charge in [-0.3, -0.25) is 14.4 Å². The highest BCUT2D eigenvalue weighted by Crippen LogP contribution is 2.29. The molecule has 1 fully saturated rings. The number of fused-ring (bicyclic) bond motifs is 1. The van der Waals surface area contributed by atoms with Crippen molar-refractivity contribution < 1.29 is 23.5 Å². The number of nitrogens with zero attached hydrogens (tertiary/aromatic N) is 1. The fourth-order valence-electron chi connectivity index (χ4n) is 3.81. The minimum Gasteiger partial charge on any atom is -0.426 e. The summed E-state index contributed by atoms with van der Waals surface area (Å²) in [5.41, 5.74) is 2.26. The highest BCUT2D eigenvalue weighted by molar-refractivity contribution is 6.39. The number of hydrogen-bond donors (Lipinski definition) is 1. The molecule has 1 saturated heterocycles. The van der Waals surface area contributed by atoms with Crippen LogP contribution >= 0.6 is 0 Å². The molecular formula is C22H21FN2O4. The van der Waals surface area contributed by atoms with Gasteiger partial charge in [0, 0.05) is 30.4 Å². The van der Waals surface area contributed by atoms with E-state index in [1.807, 2.05) is 0 Å². The maximum atomic E-state index is 13.0. The third-order valence-corrected chi connectivity index (χ3v) is 5.42. The lowest BCUT2D eigenvalue weighted by atomic mass is 9.90. The van der Waals surface area contributed by atoms with E-state index in [9.17, 15) is 18.8 Å². The van der Waals surface area contributed by atoms with Crippen LogP contribution in [0.5, 0.6) is 5.75 Å². The second-order valence-electron chi connectivity index (χ2n) is 7.49. The first-order chi connectivity index (χ1) is 14.0. The van der Waals surface area contributed by atoms with E-state index in [4.69, 9.17) is 4.74 Å². The number of likely N-dealkylation sites (tertiary alicyclic amines) is 1. The second-order valence-corrected chi connectivity index (χ2v) is 7.49. The SMILES string of the molecule is O=C1Cc2ccc(NC(=O)C(=O)N3CCC(Cc4ccc(F)cc4)CC3)cc2O1. The van der Waals surface area contributed by atoms with Gasteiger partial charge in [-0.1, -0.05) is 18.2 Å². The first kappa shape index (κ1) is 19.1. The molecular weight excluding hydrogens is 375 g/mol. The number of carbonyl (C=O) groups excluding carboxylic acids is 3. The molecule has 2 aliphatic heterocycles. The molecule has 150 valence electrons. The van der Waals surface area contributed by atoms with Crippen molar-refractivity contribution in [2.75, 3.05) is 18.4 Å². The van der Waals surface area contributed by atoms with Gasteiger partial charge in [-0.2, -0.15) is 0 Å². The van der Waals surface area contributed by atoms with Crippen molar-refractivity contribution in [1.82, 2.24) is 4.90 Å². The molecule has 2 aliphatic rings. The van der Waals surface area contributed by atoms with Crippen molar-refractivity contribution >= 4 is 23.5 Å². The summed E-state index contributed by atoms with van der Waals surface area (Å²) in [5.74, 6) is -1.03. The lowest BCUT2D eigenvalue weighted by Crippen LogP contribution is -2.44. The van der Waals surface area contributed by atoms with E-state index >= 15 is 0 Å². The first-order valence-corrected chi connectivity index (χ1v) is 9.66. The van der Waals surface area contributed by atoms with Gasteiger partial charge in [-0.05, 0) is 48.9 Å². The van der Waals surface area contributed by atoms with Crippen molar-refractivity contribution in [2.45, 2.75) is 25.7 Å². The van der Waals surface area contributed by atoms with Crippen LogP contribution in [0.1, 0.15) is 24.0 Å². The average Bonchev–Trinajstić information content (AvgIpc) is 3.09. The van der Waals surface area contributed by atoms with Crippen molar-refractivity contribution in [3.8, 4) is 5.75 Å². The van der Waals surface area contributed by atoms with Gasteiger partial charge in [-0.25, -0.2) is 4.39 Å². The third kappa shape index (κ3) is 4.45. The molecule has 0 atom stereocenters. The van der Waals surface area contributed by atoms with Gasteiger partial charge in [0.2, 0.25) is 0 Å². The summed E-state index contributed by atoms with van der Waals surface area (Å²) in [6, 6.07) is 11.4. The van der Waals surface area contributed by atoms with E-state index in [1.165, 1.54) is 12.1 Å². The lowest BCUT2D eigenvalue weighted by molar-refractivity contribution is -0.144. The summed E-state index contributed by atoms with van der Waals surface area (Å²) in [6.45, 7) is 1.03. The predicted molar refractivity (Wildman–Crippen MR) is 104 cm³/mol. The van der Waals surface area contributed by atoms with Crippen molar-refractivity contribution in [2.24, 2.45) is 5.92 Å². The molecule has 2 amide bonds. The van der Waals surface area contributed by atoms with Gasteiger partial charge in [-0.15, -0.1) is 0 Å². The fourth-order valence-corrected chi connectivity index (χ4v) is 3.81. The number of amides is 2. The Morgan fingerprint density at radius 3 is 2.55 bits per heavy atom. The molecule has 6 nitrogen and oxygen atoms in total. The summed E-state index contributed by atoms with van der Waals surface area (Å²) >= 11 is 0. The van der Waals surface area contributed by atoms with Crippen LogP contribution in [0.25, 0.3) is 0 Å². The monoisotopic (exact) mass is 396 g/mol. The molecule has 0 saturated carbocycles. The van der Waals surface area contributed by atoms with Gasteiger partial charge < -0.3 is 15.0 Å². The fraction of sp³-hybridized carbons (Fsp3) is 0.318. The summed E-state index contributed by atoms with van der Waals surface area (Å²) in [7, 11) is 0. The zero-order valence-electron chi connectivity index (χ0n) is 15.8. The Balaban J connectivity index is 1.29. The Morgan fingerprint density at radius 1 is 1.10 bits per heavy atom. The standard InChI is InChI=1S/C22H21FN2O4/c23-17-4-1-14(2-5-17)11-15-7-9-25(10-8-15)22(28)21(27)24-18-6-3-16-12-20(26)29-19(16)13-18/h1-6,13,15H,7-12H2,(H,24,27). The minimum absolute atomic E-state index is 0.218. The summed E-state index contributed by atoms with van der Waals surface area (Å²) in [6.07, 6.45) is 2.65. The lowest BCUT2D eigenvalue weighted by Gasteiger charge is -2.31. The van der Waals surface area contributed by atoms with Crippen LogP contribution in [-0.2, 0) is 27.2 Å². The highest BCUT2D eigenvalue weighted by Gasteiger charge is 2.28. The molecule has 2 aromatic rings. The van der Waals surface area contributed by atoms with Crippen molar-refractivity contribution in [3.63, 3.8) is 0 Å². The molecule has 0 aromatic heterocycles. The number of nitrogens with one attached hydrogen (secondary N) is 1.